The Morgan fingerprint density at radius 3 is 2.40 bits per heavy atom. The van der Waals surface area contributed by atoms with Gasteiger partial charge in [0, 0.05) is 27.2 Å². The van der Waals surface area contributed by atoms with E-state index in [1.165, 1.54) is 4.90 Å². The molecule has 0 saturated carbocycles. The summed E-state index contributed by atoms with van der Waals surface area (Å²) < 4.78 is 26.9. The largest absolute Gasteiger partial charge is 0.396 e. The highest BCUT2D eigenvalue weighted by molar-refractivity contribution is 5.95. The van der Waals surface area contributed by atoms with Crippen molar-refractivity contribution in [3.05, 3.63) is 29.3 Å². The Kier molecular flexibility index (Phi) is 5.24. The molecule has 0 aliphatic rings. The van der Waals surface area contributed by atoms with Crippen molar-refractivity contribution in [2.45, 2.75) is 0 Å². The molecule has 0 fully saturated rings. The Balaban J connectivity index is 2.56. The molecule has 0 bridgehead atoms. The summed E-state index contributed by atoms with van der Waals surface area (Å²) in [7, 11) is 3.12. The Bertz CT molecular complexity index is 520. The molecule has 0 atom stereocenters. The first-order valence-electron chi connectivity index (χ1n) is 5.81. The average molecular weight is 286 g/mol. The van der Waals surface area contributed by atoms with Crippen molar-refractivity contribution in [3.8, 4) is 0 Å². The van der Waals surface area contributed by atoms with E-state index in [1.807, 2.05) is 0 Å². The van der Waals surface area contributed by atoms with Crippen LogP contribution in [-0.2, 0) is 0 Å². The number of nitrogen functional groups attached to an aromatic ring is 1. The van der Waals surface area contributed by atoms with Crippen molar-refractivity contribution in [2.75, 3.05) is 32.9 Å². The third kappa shape index (κ3) is 3.81. The average Bonchev–Trinajstić information content (AvgIpc) is 2.39. The fourth-order valence-corrected chi connectivity index (χ4v) is 1.37. The maximum Gasteiger partial charge on any atom is 0.316 e. The second kappa shape index (κ2) is 6.69. The number of urea groups is 1. The van der Waals surface area contributed by atoms with Crippen LogP contribution in [-0.4, -0.2) is 44.0 Å². The van der Waals surface area contributed by atoms with E-state index in [0.717, 1.165) is 12.1 Å². The normalized spacial score (nSPS) is 10.0. The van der Waals surface area contributed by atoms with E-state index in [4.69, 9.17) is 5.73 Å². The van der Waals surface area contributed by atoms with Crippen molar-refractivity contribution in [1.82, 2.24) is 15.5 Å². The summed E-state index contributed by atoms with van der Waals surface area (Å²) in [4.78, 5) is 24.1. The lowest BCUT2D eigenvalue weighted by Gasteiger charge is -2.12. The fraction of sp³-hybridized carbons (Fsp3) is 0.333. The number of rotatable bonds is 4. The molecule has 110 valence electrons. The van der Waals surface area contributed by atoms with Gasteiger partial charge in [-0.25, -0.2) is 13.6 Å². The monoisotopic (exact) mass is 286 g/mol. The Morgan fingerprint density at radius 2 is 1.80 bits per heavy atom. The van der Waals surface area contributed by atoms with Gasteiger partial charge in [0.05, 0.1) is 5.69 Å². The van der Waals surface area contributed by atoms with Gasteiger partial charge in [0.15, 0.2) is 5.82 Å². The molecule has 0 aromatic heterocycles. The van der Waals surface area contributed by atoms with Gasteiger partial charge in [-0.05, 0) is 12.1 Å². The molecule has 1 aromatic carbocycles. The first-order chi connectivity index (χ1) is 9.34. The highest BCUT2D eigenvalue weighted by Crippen LogP contribution is 2.18. The first-order valence-corrected chi connectivity index (χ1v) is 5.81. The molecule has 3 amide bonds. The second-order valence-electron chi connectivity index (χ2n) is 4.21. The Morgan fingerprint density at radius 1 is 1.20 bits per heavy atom. The van der Waals surface area contributed by atoms with Crippen LogP contribution in [0.2, 0.25) is 0 Å². The molecule has 1 rings (SSSR count). The van der Waals surface area contributed by atoms with E-state index in [9.17, 15) is 18.4 Å². The van der Waals surface area contributed by atoms with E-state index in [-0.39, 0.29) is 24.8 Å². The Hall–Kier alpha value is -2.38. The van der Waals surface area contributed by atoms with Crippen LogP contribution in [0.25, 0.3) is 0 Å². The summed E-state index contributed by atoms with van der Waals surface area (Å²) in [6.07, 6.45) is 0. The number of carbonyl (C=O) groups excluding carboxylic acids is 2. The maximum atomic E-state index is 13.6. The highest BCUT2D eigenvalue weighted by atomic mass is 19.1. The van der Waals surface area contributed by atoms with E-state index < -0.39 is 23.1 Å². The molecule has 0 unspecified atom stereocenters. The van der Waals surface area contributed by atoms with E-state index in [1.54, 1.807) is 14.1 Å². The minimum absolute atomic E-state index is 0.0338. The molecule has 0 saturated heterocycles. The third-order valence-electron chi connectivity index (χ3n) is 2.44. The lowest BCUT2D eigenvalue weighted by molar-refractivity contribution is 0.0945. The zero-order valence-electron chi connectivity index (χ0n) is 11.2. The van der Waals surface area contributed by atoms with E-state index in [2.05, 4.69) is 10.6 Å². The van der Waals surface area contributed by atoms with Crippen LogP contribution in [0.5, 0.6) is 0 Å². The van der Waals surface area contributed by atoms with Gasteiger partial charge in [-0.15, -0.1) is 0 Å². The first kappa shape index (κ1) is 15.7. The number of carbonyl (C=O) groups is 2. The quantitative estimate of drug-likeness (QED) is 0.558. The summed E-state index contributed by atoms with van der Waals surface area (Å²) >= 11 is 0. The molecule has 0 spiro atoms. The molecule has 1 aromatic rings. The molecule has 0 radical (unpaired) electrons. The lowest BCUT2D eigenvalue weighted by atomic mass is 10.1. The second-order valence-corrected chi connectivity index (χ2v) is 4.21. The van der Waals surface area contributed by atoms with Crippen LogP contribution in [0.1, 0.15) is 10.4 Å². The number of benzene rings is 1. The van der Waals surface area contributed by atoms with Crippen molar-refractivity contribution in [2.24, 2.45) is 0 Å². The van der Waals surface area contributed by atoms with Gasteiger partial charge in [-0.3, -0.25) is 4.79 Å². The summed E-state index contributed by atoms with van der Waals surface area (Å²) in [6, 6.07) is 1.63. The maximum absolute atomic E-state index is 13.6. The molecular formula is C12H16F2N4O2. The lowest BCUT2D eigenvalue weighted by Crippen LogP contribution is -2.39. The molecule has 0 heterocycles. The molecule has 20 heavy (non-hydrogen) atoms. The topological polar surface area (TPSA) is 87.5 Å². The van der Waals surface area contributed by atoms with E-state index in [0.29, 0.717) is 0 Å². The molecule has 0 aliphatic heterocycles. The fourth-order valence-electron chi connectivity index (χ4n) is 1.37. The zero-order valence-corrected chi connectivity index (χ0v) is 11.2. The predicted molar refractivity (Wildman–Crippen MR) is 70.2 cm³/mol. The number of nitrogens with one attached hydrogen (secondary N) is 2. The van der Waals surface area contributed by atoms with Gasteiger partial charge in [0.1, 0.15) is 11.4 Å². The number of nitrogens with two attached hydrogens (primary N) is 1. The smallest absolute Gasteiger partial charge is 0.316 e. The Labute approximate surface area is 114 Å². The summed E-state index contributed by atoms with van der Waals surface area (Å²) in [5.41, 5.74) is 4.23. The molecule has 4 N–H and O–H groups in total. The van der Waals surface area contributed by atoms with Gasteiger partial charge in [-0.2, -0.15) is 0 Å². The SMILES string of the molecule is CN(C)C(=O)NCCNC(=O)c1c(F)ccc(N)c1F. The van der Waals surface area contributed by atoms with Crippen molar-refractivity contribution in [3.63, 3.8) is 0 Å². The van der Waals surface area contributed by atoms with E-state index >= 15 is 0 Å². The predicted octanol–water partition coefficient (Wildman–Crippen LogP) is 0.548. The number of hydrogen-bond donors (Lipinski definition) is 3. The van der Waals surface area contributed by atoms with Crippen LogP contribution in [0.4, 0.5) is 19.3 Å². The highest BCUT2D eigenvalue weighted by Gasteiger charge is 2.19. The number of amides is 3. The minimum atomic E-state index is -1.10. The van der Waals surface area contributed by atoms with Gasteiger partial charge in [0.2, 0.25) is 0 Å². The number of anilines is 1. The summed E-state index contributed by atoms with van der Waals surface area (Å²) in [6.45, 7) is 0.167. The number of nitrogens with zero attached hydrogens (tertiary/aromatic N) is 1. The number of hydrogen-bond acceptors (Lipinski definition) is 3. The van der Waals surface area contributed by atoms with Crippen LogP contribution in [0.3, 0.4) is 0 Å². The summed E-state index contributed by atoms with van der Waals surface area (Å²) in [5, 5.41) is 4.78. The number of halogens is 2. The minimum Gasteiger partial charge on any atom is -0.396 e. The van der Waals surface area contributed by atoms with Gasteiger partial charge in [-0.1, -0.05) is 0 Å². The molecular weight excluding hydrogens is 270 g/mol. The molecule has 0 aliphatic carbocycles. The molecule has 8 heteroatoms. The van der Waals surface area contributed by atoms with Crippen molar-refractivity contribution in [1.29, 1.82) is 0 Å². The van der Waals surface area contributed by atoms with Crippen molar-refractivity contribution >= 4 is 17.6 Å². The summed E-state index contributed by atoms with van der Waals surface area (Å²) in [5.74, 6) is -3.02. The van der Waals surface area contributed by atoms with Crippen LogP contribution < -0.4 is 16.4 Å². The standard InChI is InChI=1S/C12H16F2N4O2/c1-18(2)12(20)17-6-5-16-11(19)9-7(13)3-4-8(15)10(9)14/h3-4H,5-6,15H2,1-2H3,(H,16,19)(H,17,20). The van der Waals surface area contributed by atoms with Crippen LogP contribution in [0.15, 0.2) is 12.1 Å². The van der Waals surface area contributed by atoms with Crippen LogP contribution >= 0.6 is 0 Å². The van der Waals surface area contributed by atoms with Crippen molar-refractivity contribution < 1.29 is 18.4 Å². The van der Waals surface area contributed by atoms with Gasteiger partial charge < -0.3 is 21.3 Å². The zero-order chi connectivity index (χ0) is 15.3. The van der Waals surface area contributed by atoms with Gasteiger partial charge >= 0.3 is 6.03 Å². The van der Waals surface area contributed by atoms with Crippen LogP contribution in [0, 0.1) is 11.6 Å². The third-order valence-corrected chi connectivity index (χ3v) is 2.44. The van der Waals surface area contributed by atoms with Gasteiger partial charge in [0.25, 0.3) is 5.91 Å². The molecule has 6 nitrogen and oxygen atoms in total.